The molecule has 0 spiro atoms. The van der Waals surface area contributed by atoms with Crippen LogP contribution in [0.2, 0.25) is 5.02 Å². The van der Waals surface area contributed by atoms with Gasteiger partial charge in [0.15, 0.2) is 0 Å². The first-order chi connectivity index (χ1) is 9.07. The monoisotopic (exact) mass is 309 g/mol. The van der Waals surface area contributed by atoms with Crippen LogP contribution >= 0.6 is 11.6 Å². The maximum atomic E-state index is 12.3. The van der Waals surface area contributed by atoms with E-state index in [0.717, 1.165) is 0 Å². The Labute approximate surface area is 122 Å². The number of ether oxygens (including phenoxy) is 1. The first-order valence-corrected chi connectivity index (χ1v) is 6.63. The van der Waals surface area contributed by atoms with E-state index in [0.29, 0.717) is 10.6 Å². The molecule has 20 heavy (non-hydrogen) atoms. The second-order valence-electron chi connectivity index (χ2n) is 5.60. The van der Waals surface area contributed by atoms with Crippen LogP contribution in [0.1, 0.15) is 32.4 Å². The molecule has 0 aliphatic rings. The highest BCUT2D eigenvalue weighted by molar-refractivity contribution is 6.30. The maximum absolute atomic E-state index is 12.3. The number of nitrogens with one attached hydrogen (secondary N) is 1. The lowest BCUT2D eigenvalue weighted by atomic mass is 10.1. The van der Waals surface area contributed by atoms with Gasteiger partial charge in [-0.3, -0.25) is 0 Å². The molecule has 0 saturated heterocycles. The predicted octanol–water partition coefficient (Wildman–Crippen LogP) is 4.35. The van der Waals surface area contributed by atoms with Gasteiger partial charge >= 0.3 is 6.18 Å². The van der Waals surface area contributed by atoms with Crippen LogP contribution in [0.3, 0.4) is 0 Å². The Hall–Kier alpha value is -0.780. The van der Waals surface area contributed by atoms with Crippen LogP contribution in [0.5, 0.6) is 0 Å². The number of rotatable bonds is 5. The van der Waals surface area contributed by atoms with Gasteiger partial charge in [0.25, 0.3) is 0 Å². The minimum Gasteiger partial charge on any atom is -0.363 e. The molecule has 0 saturated carbocycles. The second-order valence-corrected chi connectivity index (χ2v) is 6.04. The third-order valence-corrected chi connectivity index (χ3v) is 2.72. The van der Waals surface area contributed by atoms with Crippen molar-refractivity contribution in [3.63, 3.8) is 0 Å². The van der Waals surface area contributed by atoms with Gasteiger partial charge < -0.3 is 10.1 Å². The Bertz CT molecular complexity index is 411. The molecule has 1 N–H and O–H groups in total. The molecule has 1 aromatic carbocycles. The molecule has 0 radical (unpaired) electrons. The smallest absolute Gasteiger partial charge is 0.363 e. The van der Waals surface area contributed by atoms with Crippen molar-refractivity contribution in [2.45, 2.75) is 38.6 Å². The van der Waals surface area contributed by atoms with Gasteiger partial charge in [0.2, 0.25) is 0 Å². The number of hydrogen-bond acceptors (Lipinski definition) is 2. The van der Waals surface area contributed by atoms with Crippen molar-refractivity contribution >= 4 is 11.6 Å². The fraction of sp³-hybridized carbons (Fsp3) is 0.571. The highest BCUT2D eigenvalue weighted by Gasteiger charge is 2.30. The largest absolute Gasteiger partial charge is 0.411 e. The molecule has 2 nitrogen and oxygen atoms in total. The molecule has 0 heterocycles. The summed E-state index contributed by atoms with van der Waals surface area (Å²) in [5.74, 6) is 0. The summed E-state index contributed by atoms with van der Waals surface area (Å²) in [6.45, 7) is 4.80. The van der Waals surface area contributed by atoms with Gasteiger partial charge in [0, 0.05) is 17.1 Å². The highest BCUT2D eigenvalue weighted by atomic mass is 35.5. The van der Waals surface area contributed by atoms with Crippen molar-refractivity contribution < 1.29 is 17.9 Å². The zero-order valence-corrected chi connectivity index (χ0v) is 12.5. The molecule has 1 aromatic rings. The molecule has 1 unspecified atom stereocenters. The van der Waals surface area contributed by atoms with Crippen LogP contribution in [0.25, 0.3) is 0 Å². The Morgan fingerprint density at radius 2 is 1.90 bits per heavy atom. The van der Waals surface area contributed by atoms with Gasteiger partial charge in [-0.25, -0.2) is 0 Å². The molecular weight excluding hydrogens is 291 g/mol. The van der Waals surface area contributed by atoms with Crippen molar-refractivity contribution in [1.82, 2.24) is 5.32 Å². The summed E-state index contributed by atoms with van der Waals surface area (Å²) in [6.07, 6.45) is -5.05. The Morgan fingerprint density at radius 1 is 1.25 bits per heavy atom. The molecule has 0 aromatic heterocycles. The predicted molar refractivity (Wildman–Crippen MR) is 74.0 cm³/mol. The summed E-state index contributed by atoms with van der Waals surface area (Å²) >= 11 is 5.87. The summed E-state index contributed by atoms with van der Waals surface area (Å²) < 4.78 is 41.9. The number of hydrogen-bond donors (Lipinski definition) is 1. The van der Waals surface area contributed by atoms with Crippen molar-refractivity contribution in [2.24, 2.45) is 0 Å². The zero-order valence-electron chi connectivity index (χ0n) is 11.7. The van der Waals surface area contributed by atoms with Crippen molar-refractivity contribution in [1.29, 1.82) is 0 Å². The van der Waals surface area contributed by atoms with Crippen LogP contribution in [0.15, 0.2) is 24.3 Å². The summed E-state index contributed by atoms with van der Waals surface area (Å²) in [5, 5.41) is 3.61. The molecule has 114 valence electrons. The second kappa shape index (κ2) is 6.78. The topological polar surface area (TPSA) is 21.3 Å². The Balaban J connectivity index is 2.78. The van der Waals surface area contributed by atoms with Crippen molar-refractivity contribution in [2.75, 3.05) is 13.2 Å². The van der Waals surface area contributed by atoms with Gasteiger partial charge in [-0.2, -0.15) is 13.2 Å². The zero-order chi connectivity index (χ0) is 15.4. The van der Waals surface area contributed by atoms with Gasteiger partial charge in [0.1, 0.15) is 6.61 Å². The third-order valence-electron chi connectivity index (χ3n) is 2.49. The molecule has 0 bridgehead atoms. The number of alkyl halides is 3. The fourth-order valence-electron chi connectivity index (χ4n) is 1.57. The highest BCUT2D eigenvalue weighted by Crippen LogP contribution is 2.24. The summed E-state index contributed by atoms with van der Waals surface area (Å²) in [7, 11) is 0. The SMILES string of the molecule is CC(C)(C)NCC(OCC(F)(F)F)c1cccc(Cl)c1. The van der Waals surface area contributed by atoms with E-state index in [2.05, 4.69) is 5.32 Å². The van der Waals surface area contributed by atoms with Gasteiger partial charge in [0.05, 0.1) is 6.10 Å². The maximum Gasteiger partial charge on any atom is 0.411 e. The molecule has 0 amide bonds. The fourth-order valence-corrected chi connectivity index (χ4v) is 1.77. The summed E-state index contributed by atoms with van der Waals surface area (Å²) in [4.78, 5) is 0. The van der Waals surface area contributed by atoms with Gasteiger partial charge in [-0.1, -0.05) is 23.7 Å². The molecule has 0 aliphatic carbocycles. The normalized spacial score (nSPS) is 14.3. The standard InChI is InChI=1S/C14H19ClF3NO/c1-13(2,3)19-8-12(20-9-14(16,17)18)10-5-4-6-11(15)7-10/h4-7,12,19H,8-9H2,1-3H3. The lowest BCUT2D eigenvalue weighted by molar-refractivity contribution is -0.186. The molecular formula is C14H19ClF3NO. The summed E-state index contributed by atoms with van der Waals surface area (Å²) in [5.41, 5.74) is 0.414. The lowest BCUT2D eigenvalue weighted by Crippen LogP contribution is -2.39. The van der Waals surface area contributed by atoms with Crippen LogP contribution < -0.4 is 5.32 Å². The van der Waals surface area contributed by atoms with Gasteiger partial charge in [-0.05, 0) is 38.5 Å². The van der Waals surface area contributed by atoms with E-state index in [9.17, 15) is 13.2 Å². The van der Waals surface area contributed by atoms with Crippen LogP contribution in [-0.2, 0) is 4.74 Å². The van der Waals surface area contributed by atoms with Crippen LogP contribution in [0, 0.1) is 0 Å². The first kappa shape index (κ1) is 17.3. The average Bonchev–Trinajstić information content (AvgIpc) is 2.26. The van der Waals surface area contributed by atoms with E-state index < -0.39 is 18.9 Å². The van der Waals surface area contributed by atoms with E-state index >= 15 is 0 Å². The summed E-state index contributed by atoms with van der Waals surface area (Å²) in [6, 6.07) is 6.69. The molecule has 6 heteroatoms. The Morgan fingerprint density at radius 3 is 2.40 bits per heavy atom. The first-order valence-electron chi connectivity index (χ1n) is 6.26. The van der Waals surface area contributed by atoms with Gasteiger partial charge in [-0.15, -0.1) is 0 Å². The van der Waals surface area contributed by atoms with E-state index in [1.54, 1.807) is 24.3 Å². The average molecular weight is 310 g/mol. The lowest BCUT2D eigenvalue weighted by Gasteiger charge is -2.26. The van der Waals surface area contributed by atoms with E-state index in [1.165, 1.54) is 0 Å². The molecule has 0 aliphatic heterocycles. The van der Waals surface area contributed by atoms with Crippen LogP contribution in [0.4, 0.5) is 13.2 Å². The molecule has 0 fully saturated rings. The van der Waals surface area contributed by atoms with Crippen molar-refractivity contribution in [3.05, 3.63) is 34.9 Å². The Kier molecular flexibility index (Phi) is 5.86. The van der Waals surface area contributed by atoms with E-state index in [1.807, 2.05) is 20.8 Å². The molecule has 1 atom stereocenters. The quantitative estimate of drug-likeness (QED) is 0.873. The number of benzene rings is 1. The van der Waals surface area contributed by atoms with Crippen LogP contribution in [-0.4, -0.2) is 24.9 Å². The van der Waals surface area contributed by atoms with E-state index in [4.69, 9.17) is 16.3 Å². The molecule has 1 rings (SSSR count). The van der Waals surface area contributed by atoms with E-state index in [-0.39, 0.29) is 12.1 Å². The number of halogens is 4. The third kappa shape index (κ3) is 7.12. The minimum atomic E-state index is -4.35. The minimum absolute atomic E-state index is 0.210. The van der Waals surface area contributed by atoms with Crippen molar-refractivity contribution in [3.8, 4) is 0 Å².